The van der Waals surface area contributed by atoms with Crippen LogP contribution in [0.1, 0.15) is 28.9 Å². The second-order valence-electron chi connectivity index (χ2n) is 4.58. The molecular formula is C12H15NO6S2. The number of rotatable bonds is 4. The van der Waals surface area contributed by atoms with Crippen LogP contribution in [0.15, 0.2) is 16.3 Å². The third-order valence-corrected chi connectivity index (χ3v) is 6.71. The Morgan fingerprint density at radius 3 is 2.71 bits per heavy atom. The van der Waals surface area contributed by atoms with Gasteiger partial charge in [-0.05, 0) is 31.4 Å². The van der Waals surface area contributed by atoms with Crippen molar-refractivity contribution < 1.29 is 27.9 Å². The number of ether oxygens (including phenoxy) is 1. The highest BCUT2D eigenvalue weighted by Crippen LogP contribution is 2.30. The van der Waals surface area contributed by atoms with Crippen LogP contribution >= 0.6 is 11.3 Å². The van der Waals surface area contributed by atoms with Gasteiger partial charge in [0.25, 0.3) is 10.0 Å². The molecule has 1 aliphatic heterocycles. The lowest BCUT2D eigenvalue weighted by Crippen LogP contribution is -2.47. The molecular weight excluding hydrogens is 318 g/mol. The van der Waals surface area contributed by atoms with E-state index < -0.39 is 28.0 Å². The van der Waals surface area contributed by atoms with Gasteiger partial charge in [0.05, 0.1) is 7.11 Å². The Morgan fingerprint density at radius 1 is 1.38 bits per heavy atom. The Labute approximate surface area is 126 Å². The maximum Gasteiger partial charge on any atom is 0.348 e. The summed E-state index contributed by atoms with van der Waals surface area (Å²) in [7, 11) is -2.70. The Hall–Kier alpha value is -1.45. The molecule has 21 heavy (non-hydrogen) atoms. The van der Waals surface area contributed by atoms with E-state index >= 15 is 0 Å². The first-order valence-corrected chi connectivity index (χ1v) is 8.56. The zero-order chi connectivity index (χ0) is 15.6. The van der Waals surface area contributed by atoms with Crippen molar-refractivity contribution >= 4 is 33.3 Å². The second kappa shape index (κ2) is 6.12. The SMILES string of the molecule is COC(=O)c1ccc(S(=O)(=O)N2CCCCC2C(=O)O)s1. The fourth-order valence-electron chi connectivity index (χ4n) is 2.22. The number of hydrogen-bond donors (Lipinski definition) is 1. The Kier molecular flexibility index (Phi) is 4.64. The Morgan fingerprint density at radius 2 is 2.10 bits per heavy atom. The number of carboxylic acid groups (broad SMARTS) is 1. The lowest BCUT2D eigenvalue weighted by Gasteiger charge is -2.31. The number of esters is 1. The molecule has 1 aromatic rings. The fraction of sp³-hybridized carbons (Fsp3) is 0.500. The van der Waals surface area contributed by atoms with E-state index in [9.17, 15) is 23.1 Å². The molecule has 0 spiro atoms. The summed E-state index contributed by atoms with van der Waals surface area (Å²) in [4.78, 5) is 22.8. The molecule has 9 heteroatoms. The number of nitrogens with zero attached hydrogens (tertiary/aromatic N) is 1. The van der Waals surface area contributed by atoms with E-state index in [-0.39, 0.29) is 15.6 Å². The van der Waals surface area contributed by atoms with Gasteiger partial charge in [0, 0.05) is 6.54 Å². The van der Waals surface area contributed by atoms with Crippen molar-refractivity contribution in [1.29, 1.82) is 0 Å². The van der Waals surface area contributed by atoms with Crippen LogP contribution in [0.3, 0.4) is 0 Å². The number of hydrogen-bond acceptors (Lipinski definition) is 6. The van der Waals surface area contributed by atoms with Crippen molar-refractivity contribution in [3.8, 4) is 0 Å². The molecule has 0 aliphatic carbocycles. The number of carboxylic acids is 1. The molecule has 1 unspecified atom stereocenters. The van der Waals surface area contributed by atoms with E-state index in [1.807, 2.05) is 0 Å². The zero-order valence-corrected chi connectivity index (χ0v) is 12.9. The Bertz CT molecular complexity index is 650. The predicted molar refractivity (Wildman–Crippen MR) is 74.8 cm³/mol. The fourth-order valence-corrected chi connectivity index (χ4v) is 5.23. The standard InChI is InChI=1S/C12H15NO6S2/c1-19-12(16)9-5-6-10(20-9)21(17,18)13-7-3-2-4-8(13)11(14)15/h5-6,8H,2-4,7H2,1H3,(H,14,15). The summed E-state index contributed by atoms with van der Waals surface area (Å²) in [6.45, 7) is 0.171. The highest BCUT2D eigenvalue weighted by Gasteiger charge is 2.38. The van der Waals surface area contributed by atoms with Crippen LogP contribution in [0.2, 0.25) is 0 Å². The maximum atomic E-state index is 12.5. The maximum absolute atomic E-state index is 12.5. The van der Waals surface area contributed by atoms with Crippen LogP contribution in [0.25, 0.3) is 0 Å². The molecule has 0 radical (unpaired) electrons. The van der Waals surface area contributed by atoms with Gasteiger partial charge in [-0.2, -0.15) is 4.31 Å². The van der Waals surface area contributed by atoms with Gasteiger partial charge in [0.15, 0.2) is 0 Å². The topological polar surface area (TPSA) is 101 Å². The highest BCUT2D eigenvalue weighted by atomic mass is 32.2. The summed E-state index contributed by atoms with van der Waals surface area (Å²) in [6, 6.07) is 1.62. The summed E-state index contributed by atoms with van der Waals surface area (Å²) < 4.78 is 30.6. The molecule has 0 saturated carbocycles. The molecule has 1 N–H and O–H groups in total. The van der Waals surface area contributed by atoms with E-state index in [1.54, 1.807) is 0 Å². The number of carbonyl (C=O) groups excluding carboxylic acids is 1. The van der Waals surface area contributed by atoms with Gasteiger partial charge in [-0.3, -0.25) is 4.79 Å². The molecule has 1 aliphatic rings. The van der Waals surface area contributed by atoms with Crippen LogP contribution in [0.5, 0.6) is 0 Å². The second-order valence-corrected chi connectivity index (χ2v) is 7.78. The first kappa shape index (κ1) is 15.9. The van der Waals surface area contributed by atoms with Crippen molar-refractivity contribution in [3.63, 3.8) is 0 Å². The van der Waals surface area contributed by atoms with Crippen molar-refractivity contribution in [3.05, 3.63) is 17.0 Å². The van der Waals surface area contributed by atoms with Crippen LogP contribution in [-0.2, 0) is 19.6 Å². The van der Waals surface area contributed by atoms with E-state index in [2.05, 4.69) is 4.74 Å². The normalized spacial score (nSPS) is 20.1. The summed E-state index contributed by atoms with van der Waals surface area (Å²) in [6.07, 6.45) is 1.60. The number of sulfonamides is 1. The molecule has 7 nitrogen and oxygen atoms in total. The third-order valence-electron chi connectivity index (χ3n) is 3.27. The van der Waals surface area contributed by atoms with Gasteiger partial charge in [0.1, 0.15) is 15.1 Å². The van der Waals surface area contributed by atoms with E-state index in [4.69, 9.17) is 0 Å². The van der Waals surface area contributed by atoms with Crippen LogP contribution in [-0.4, -0.2) is 49.5 Å². The van der Waals surface area contributed by atoms with Gasteiger partial charge < -0.3 is 9.84 Å². The van der Waals surface area contributed by atoms with Gasteiger partial charge >= 0.3 is 11.9 Å². The molecule has 0 aromatic carbocycles. The molecule has 2 heterocycles. The number of aliphatic carboxylic acids is 1. The molecule has 1 atom stereocenters. The molecule has 1 aromatic heterocycles. The molecule has 2 rings (SSSR count). The average molecular weight is 333 g/mol. The Balaban J connectivity index is 2.34. The van der Waals surface area contributed by atoms with Crippen molar-refractivity contribution in [2.24, 2.45) is 0 Å². The van der Waals surface area contributed by atoms with Crippen molar-refractivity contribution in [2.75, 3.05) is 13.7 Å². The van der Waals surface area contributed by atoms with Gasteiger partial charge in [0.2, 0.25) is 0 Å². The van der Waals surface area contributed by atoms with Crippen LogP contribution in [0, 0.1) is 0 Å². The largest absolute Gasteiger partial charge is 0.480 e. The molecule has 116 valence electrons. The summed E-state index contributed by atoms with van der Waals surface area (Å²) >= 11 is 0.783. The monoisotopic (exact) mass is 333 g/mol. The quantitative estimate of drug-likeness (QED) is 0.830. The van der Waals surface area contributed by atoms with E-state index in [0.717, 1.165) is 15.6 Å². The van der Waals surface area contributed by atoms with Crippen LogP contribution in [0.4, 0.5) is 0 Å². The van der Waals surface area contributed by atoms with Crippen LogP contribution < -0.4 is 0 Å². The summed E-state index contributed by atoms with van der Waals surface area (Å²) in [5.74, 6) is -1.77. The number of methoxy groups -OCH3 is 1. The minimum atomic E-state index is -3.91. The molecule has 1 fully saturated rings. The highest BCUT2D eigenvalue weighted by molar-refractivity contribution is 7.91. The summed E-state index contributed by atoms with van der Waals surface area (Å²) in [5.41, 5.74) is 0. The minimum Gasteiger partial charge on any atom is -0.480 e. The van der Waals surface area contributed by atoms with Gasteiger partial charge in [-0.15, -0.1) is 11.3 Å². The minimum absolute atomic E-state index is 0.0453. The number of carbonyl (C=O) groups is 2. The van der Waals surface area contributed by atoms with Crippen molar-refractivity contribution in [2.45, 2.75) is 29.5 Å². The average Bonchev–Trinajstić information content (AvgIpc) is 2.97. The molecule has 0 bridgehead atoms. The number of piperidine rings is 1. The lowest BCUT2D eigenvalue weighted by molar-refractivity contribution is -0.142. The van der Waals surface area contributed by atoms with Gasteiger partial charge in [-0.1, -0.05) is 0 Å². The third kappa shape index (κ3) is 3.09. The smallest absolute Gasteiger partial charge is 0.348 e. The number of thiophene rings is 1. The molecule has 1 saturated heterocycles. The first-order valence-electron chi connectivity index (χ1n) is 6.30. The zero-order valence-electron chi connectivity index (χ0n) is 11.3. The van der Waals surface area contributed by atoms with E-state index in [1.165, 1.54) is 19.2 Å². The summed E-state index contributed by atoms with van der Waals surface area (Å²) in [5, 5.41) is 9.17. The van der Waals surface area contributed by atoms with Gasteiger partial charge in [-0.25, -0.2) is 13.2 Å². The van der Waals surface area contributed by atoms with E-state index in [0.29, 0.717) is 19.3 Å². The van der Waals surface area contributed by atoms with Crippen molar-refractivity contribution in [1.82, 2.24) is 4.31 Å². The molecule has 0 amide bonds. The first-order chi connectivity index (χ1) is 9.87. The predicted octanol–water partition coefficient (Wildman–Crippen LogP) is 1.16. The lowest BCUT2D eigenvalue weighted by atomic mass is 10.1.